The van der Waals surface area contributed by atoms with Gasteiger partial charge in [-0.15, -0.1) is 0 Å². The average molecular weight is 494 g/mol. The van der Waals surface area contributed by atoms with Gasteiger partial charge in [0, 0.05) is 26.2 Å². The van der Waals surface area contributed by atoms with Gasteiger partial charge in [-0.3, -0.25) is 4.79 Å². The van der Waals surface area contributed by atoms with Gasteiger partial charge in [-0.05, 0) is 48.9 Å². The fraction of sp³-hybridized carbons (Fsp3) is 0.417. The lowest BCUT2D eigenvalue weighted by atomic mass is 10.1. The molecule has 1 atom stereocenters. The largest absolute Gasteiger partial charge is 0.493 e. The average Bonchev–Trinajstić information content (AvgIpc) is 3.18. The van der Waals surface area contributed by atoms with Crippen LogP contribution < -0.4 is 9.47 Å². The van der Waals surface area contributed by atoms with Gasteiger partial charge in [-0.1, -0.05) is 30.0 Å². The molecule has 1 amide bonds. The maximum absolute atomic E-state index is 12.7. The molecule has 34 heavy (non-hydrogen) atoms. The zero-order valence-corrected chi connectivity index (χ0v) is 19.8. The Kier molecular flexibility index (Phi) is 7.37. The molecule has 0 saturated carbocycles. The number of hydrogen-bond donors (Lipinski definition) is 0. The number of rotatable bonds is 6. The Hall–Kier alpha value is -2.72. The van der Waals surface area contributed by atoms with Crippen molar-refractivity contribution in [2.45, 2.75) is 24.5 Å². The van der Waals surface area contributed by atoms with Gasteiger partial charge in [-0.25, -0.2) is 0 Å². The van der Waals surface area contributed by atoms with E-state index in [-0.39, 0.29) is 17.8 Å². The van der Waals surface area contributed by atoms with Gasteiger partial charge in [0.25, 0.3) is 5.91 Å². The molecule has 0 aromatic heterocycles. The van der Waals surface area contributed by atoms with Crippen LogP contribution in [0.1, 0.15) is 16.7 Å². The molecule has 0 bridgehead atoms. The summed E-state index contributed by atoms with van der Waals surface area (Å²) in [5, 5.41) is 0.518. The number of amidine groups is 1. The molecule has 6 nitrogen and oxygen atoms in total. The summed E-state index contributed by atoms with van der Waals surface area (Å²) < 4.78 is 49.4. The molecule has 182 valence electrons. The van der Waals surface area contributed by atoms with E-state index in [1.54, 1.807) is 6.07 Å². The number of halogens is 3. The first-order valence-electron chi connectivity index (χ1n) is 10.9. The van der Waals surface area contributed by atoms with E-state index in [0.29, 0.717) is 23.5 Å². The Balaban J connectivity index is 1.35. The number of piperazine rings is 1. The Labute approximate surface area is 200 Å². The lowest BCUT2D eigenvalue weighted by molar-refractivity contribution is -0.137. The number of hydrogen-bond acceptors (Lipinski definition) is 6. The van der Waals surface area contributed by atoms with Crippen molar-refractivity contribution in [1.82, 2.24) is 9.80 Å². The van der Waals surface area contributed by atoms with E-state index in [4.69, 9.17) is 9.47 Å². The summed E-state index contributed by atoms with van der Waals surface area (Å²) in [5.41, 5.74) is 0.831. The van der Waals surface area contributed by atoms with Crippen LogP contribution in [-0.2, 0) is 24.0 Å². The van der Waals surface area contributed by atoms with Gasteiger partial charge < -0.3 is 19.3 Å². The topological polar surface area (TPSA) is 54.4 Å². The van der Waals surface area contributed by atoms with Crippen LogP contribution >= 0.6 is 11.8 Å². The van der Waals surface area contributed by atoms with Gasteiger partial charge >= 0.3 is 6.18 Å². The number of nitrogens with zero attached hydrogens (tertiary/aromatic N) is 3. The SMILES string of the molecule is COc1cc(CC2SC(N3CCN(C)CC3)=NC2=O)ccc1OCc1ccc(C(F)(F)F)cc1. The Morgan fingerprint density at radius 1 is 1.03 bits per heavy atom. The van der Waals surface area contributed by atoms with E-state index >= 15 is 0 Å². The second kappa shape index (κ2) is 10.3. The number of methoxy groups -OCH3 is 1. The molecule has 0 N–H and O–H groups in total. The van der Waals surface area contributed by atoms with Crippen LogP contribution in [0.4, 0.5) is 13.2 Å². The number of ether oxygens (including phenoxy) is 2. The normalized spacial score (nSPS) is 19.3. The molecule has 2 aromatic carbocycles. The highest BCUT2D eigenvalue weighted by Crippen LogP contribution is 2.33. The summed E-state index contributed by atoms with van der Waals surface area (Å²) >= 11 is 1.51. The third kappa shape index (κ3) is 5.85. The second-order valence-electron chi connectivity index (χ2n) is 8.30. The lowest BCUT2D eigenvalue weighted by Gasteiger charge is -2.33. The number of carbonyl (C=O) groups is 1. The summed E-state index contributed by atoms with van der Waals surface area (Å²) in [6.45, 7) is 3.72. The van der Waals surface area contributed by atoms with Crippen molar-refractivity contribution >= 4 is 22.8 Å². The van der Waals surface area contributed by atoms with Gasteiger partial charge in [0.2, 0.25) is 0 Å². The van der Waals surface area contributed by atoms with Crippen molar-refractivity contribution in [2.75, 3.05) is 40.3 Å². The van der Waals surface area contributed by atoms with Gasteiger partial charge in [0.15, 0.2) is 16.7 Å². The first-order chi connectivity index (χ1) is 16.2. The zero-order valence-electron chi connectivity index (χ0n) is 19.0. The number of carbonyl (C=O) groups excluding carboxylic acids is 1. The minimum absolute atomic E-state index is 0.104. The summed E-state index contributed by atoms with van der Waals surface area (Å²) in [6, 6.07) is 10.3. The number of benzene rings is 2. The smallest absolute Gasteiger partial charge is 0.416 e. The molecule has 0 radical (unpaired) electrons. The molecule has 2 aromatic rings. The molecular formula is C24H26F3N3O3S. The van der Waals surface area contributed by atoms with E-state index < -0.39 is 11.7 Å². The molecule has 1 fully saturated rings. The van der Waals surface area contributed by atoms with Crippen molar-refractivity contribution in [3.8, 4) is 11.5 Å². The quantitative estimate of drug-likeness (QED) is 0.605. The van der Waals surface area contributed by atoms with Crippen LogP contribution in [0, 0.1) is 0 Å². The summed E-state index contributed by atoms with van der Waals surface area (Å²) in [7, 11) is 3.60. The van der Waals surface area contributed by atoms with E-state index in [1.165, 1.54) is 31.0 Å². The summed E-state index contributed by atoms with van der Waals surface area (Å²) in [5.74, 6) is 0.853. The number of aliphatic imine (C=N–C) groups is 1. The maximum Gasteiger partial charge on any atom is 0.416 e. The molecule has 0 spiro atoms. The minimum atomic E-state index is -4.37. The molecule has 2 aliphatic rings. The maximum atomic E-state index is 12.7. The third-order valence-corrected chi connectivity index (χ3v) is 7.04. The van der Waals surface area contributed by atoms with Gasteiger partial charge in [-0.2, -0.15) is 18.2 Å². The van der Waals surface area contributed by atoms with Crippen LogP contribution in [0.15, 0.2) is 47.5 Å². The van der Waals surface area contributed by atoms with Crippen LogP contribution in [0.3, 0.4) is 0 Å². The van der Waals surface area contributed by atoms with Crippen LogP contribution in [0.5, 0.6) is 11.5 Å². The number of thioether (sulfide) groups is 1. The predicted molar refractivity (Wildman–Crippen MR) is 125 cm³/mol. The molecule has 2 aliphatic heterocycles. The fourth-order valence-electron chi connectivity index (χ4n) is 3.77. The Morgan fingerprint density at radius 2 is 1.71 bits per heavy atom. The first-order valence-corrected chi connectivity index (χ1v) is 11.8. The number of alkyl halides is 3. The number of likely N-dealkylation sites (N-methyl/N-ethyl adjacent to an activating group) is 1. The van der Waals surface area contributed by atoms with Crippen molar-refractivity contribution < 1.29 is 27.4 Å². The van der Waals surface area contributed by atoms with Crippen molar-refractivity contribution in [3.05, 3.63) is 59.2 Å². The van der Waals surface area contributed by atoms with E-state index in [1.807, 2.05) is 12.1 Å². The van der Waals surface area contributed by atoms with Crippen LogP contribution in [0.2, 0.25) is 0 Å². The predicted octanol–water partition coefficient (Wildman–Crippen LogP) is 4.08. The highest BCUT2D eigenvalue weighted by molar-refractivity contribution is 8.15. The molecular weight excluding hydrogens is 467 g/mol. The monoisotopic (exact) mass is 493 g/mol. The molecule has 4 rings (SSSR count). The molecule has 1 unspecified atom stereocenters. The molecule has 0 aliphatic carbocycles. The fourth-order valence-corrected chi connectivity index (χ4v) is 4.92. The number of amides is 1. The van der Waals surface area contributed by atoms with Crippen molar-refractivity contribution in [2.24, 2.45) is 4.99 Å². The Morgan fingerprint density at radius 3 is 2.35 bits per heavy atom. The second-order valence-corrected chi connectivity index (χ2v) is 9.47. The molecule has 2 heterocycles. The third-order valence-electron chi connectivity index (χ3n) is 5.83. The summed E-state index contributed by atoms with van der Waals surface area (Å²) in [6.07, 6.45) is -3.85. The van der Waals surface area contributed by atoms with Crippen molar-refractivity contribution in [1.29, 1.82) is 0 Å². The van der Waals surface area contributed by atoms with Gasteiger partial charge in [0.1, 0.15) is 6.61 Å². The molecule has 10 heteroatoms. The van der Waals surface area contributed by atoms with E-state index in [0.717, 1.165) is 49.0 Å². The highest BCUT2D eigenvalue weighted by atomic mass is 32.2. The van der Waals surface area contributed by atoms with E-state index in [2.05, 4.69) is 21.8 Å². The zero-order chi connectivity index (χ0) is 24.3. The molecule has 1 saturated heterocycles. The van der Waals surface area contributed by atoms with Crippen LogP contribution in [0.25, 0.3) is 0 Å². The summed E-state index contributed by atoms with van der Waals surface area (Å²) in [4.78, 5) is 21.2. The van der Waals surface area contributed by atoms with Crippen LogP contribution in [-0.4, -0.2) is 66.5 Å². The first kappa shape index (κ1) is 24.4. The Bertz CT molecular complexity index is 1050. The highest BCUT2D eigenvalue weighted by Gasteiger charge is 2.33. The lowest BCUT2D eigenvalue weighted by Crippen LogP contribution is -2.46. The van der Waals surface area contributed by atoms with E-state index in [9.17, 15) is 18.0 Å². The van der Waals surface area contributed by atoms with Gasteiger partial charge in [0.05, 0.1) is 17.9 Å². The van der Waals surface area contributed by atoms with Crippen molar-refractivity contribution in [3.63, 3.8) is 0 Å². The standard InChI is InChI=1S/C24H26F3N3O3S/c1-29-9-11-30(12-10-29)23-28-22(31)21(34-23)14-17-5-8-19(20(13-17)32-2)33-15-16-3-6-18(7-4-16)24(25,26)27/h3-8,13,21H,9-12,14-15H2,1-2H3. The minimum Gasteiger partial charge on any atom is -0.493 e.